The predicted molar refractivity (Wildman–Crippen MR) is 59.8 cm³/mol. The molecule has 0 aromatic carbocycles. The van der Waals surface area contributed by atoms with E-state index in [1.54, 1.807) is 0 Å². The van der Waals surface area contributed by atoms with E-state index >= 15 is 0 Å². The highest BCUT2D eigenvalue weighted by Crippen LogP contribution is 2.13. The lowest BCUT2D eigenvalue weighted by Gasteiger charge is -2.14. The van der Waals surface area contributed by atoms with E-state index in [-0.39, 0.29) is 0 Å². The maximum Gasteiger partial charge on any atom is 0.0649 e. The second-order valence-electron chi connectivity index (χ2n) is 3.44. The maximum atomic E-state index is 5.07. The van der Waals surface area contributed by atoms with Crippen LogP contribution in [0, 0.1) is 0 Å². The summed E-state index contributed by atoms with van der Waals surface area (Å²) in [5, 5.41) is 7.31. The van der Waals surface area contributed by atoms with Crippen molar-refractivity contribution >= 4 is 0 Å². The standard InChI is InChI=1S/C10H22N4/c1-5-9(3)10(12-13-11)7-8-14(4)6-2/h5-8H2,1-4H3,(H2,11,12)/b10-9+. The van der Waals surface area contributed by atoms with Crippen LogP contribution in [-0.4, -0.2) is 25.0 Å². The van der Waals surface area contributed by atoms with Crippen LogP contribution in [0.4, 0.5) is 0 Å². The first-order valence-electron chi connectivity index (χ1n) is 5.13. The fraction of sp³-hybridized carbons (Fsp3) is 0.800. The molecule has 0 saturated carbocycles. The smallest absolute Gasteiger partial charge is 0.0649 e. The number of allylic oxidation sites excluding steroid dienone is 1. The number of hydrogen-bond acceptors (Lipinski definition) is 3. The molecule has 0 rings (SSSR count). The van der Waals surface area contributed by atoms with Gasteiger partial charge in [0.1, 0.15) is 0 Å². The number of rotatable bonds is 6. The molecular formula is C10H22N4. The van der Waals surface area contributed by atoms with Crippen molar-refractivity contribution in [1.29, 1.82) is 0 Å². The van der Waals surface area contributed by atoms with Crippen LogP contribution in [0.5, 0.6) is 0 Å². The van der Waals surface area contributed by atoms with Crippen molar-refractivity contribution in [3.05, 3.63) is 11.3 Å². The van der Waals surface area contributed by atoms with Crippen LogP contribution in [0.2, 0.25) is 0 Å². The minimum atomic E-state index is 0.921. The van der Waals surface area contributed by atoms with Gasteiger partial charge in [-0.1, -0.05) is 24.6 Å². The van der Waals surface area contributed by atoms with E-state index in [1.165, 1.54) is 5.57 Å². The minimum Gasteiger partial charge on any atom is -0.306 e. The third kappa shape index (κ3) is 4.97. The Morgan fingerprint density at radius 2 is 2.00 bits per heavy atom. The fourth-order valence-electron chi connectivity index (χ4n) is 1.08. The molecule has 0 aliphatic rings. The summed E-state index contributed by atoms with van der Waals surface area (Å²) < 4.78 is 0. The van der Waals surface area contributed by atoms with Crippen LogP contribution in [0.3, 0.4) is 0 Å². The van der Waals surface area contributed by atoms with Crippen LogP contribution in [0.1, 0.15) is 33.6 Å². The maximum absolute atomic E-state index is 5.07. The third-order valence-corrected chi connectivity index (χ3v) is 2.47. The molecule has 0 atom stereocenters. The van der Waals surface area contributed by atoms with Gasteiger partial charge in [-0.25, -0.2) is 0 Å². The van der Waals surface area contributed by atoms with Gasteiger partial charge in [-0.15, -0.1) is 5.11 Å². The summed E-state index contributed by atoms with van der Waals surface area (Å²) in [4.78, 5) is 2.25. The molecule has 0 radical (unpaired) electrons. The van der Waals surface area contributed by atoms with Gasteiger partial charge in [0.25, 0.3) is 0 Å². The monoisotopic (exact) mass is 198 g/mol. The van der Waals surface area contributed by atoms with Gasteiger partial charge >= 0.3 is 0 Å². The first kappa shape index (κ1) is 13.1. The number of hydrogen-bond donors (Lipinski definition) is 1. The lowest BCUT2D eigenvalue weighted by molar-refractivity contribution is 0.356. The molecule has 4 nitrogen and oxygen atoms in total. The molecule has 0 aromatic heterocycles. The SMILES string of the molecule is CC/C(C)=C(\CCN(C)CC)N=NN. The molecule has 0 aliphatic heterocycles. The Morgan fingerprint density at radius 1 is 1.36 bits per heavy atom. The predicted octanol–water partition coefficient (Wildman–Crippen LogP) is 2.34. The highest BCUT2D eigenvalue weighted by molar-refractivity contribution is 5.09. The Labute approximate surface area is 86.9 Å². The molecule has 0 aliphatic carbocycles. The summed E-state index contributed by atoms with van der Waals surface area (Å²) in [6.45, 7) is 8.39. The molecule has 0 heterocycles. The molecule has 82 valence electrons. The molecule has 0 fully saturated rings. The van der Waals surface area contributed by atoms with Crippen LogP contribution in [-0.2, 0) is 0 Å². The number of nitrogens with two attached hydrogens (primary N) is 1. The lowest BCUT2D eigenvalue weighted by atomic mass is 10.1. The van der Waals surface area contributed by atoms with E-state index < -0.39 is 0 Å². The zero-order valence-electron chi connectivity index (χ0n) is 9.75. The Morgan fingerprint density at radius 3 is 2.43 bits per heavy atom. The first-order chi connectivity index (χ1) is 6.65. The van der Waals surface area contributed by atoms with Gasteiger partial charge in [0.05, 0.1) is 5.70 Å². The number of nitrogens with zero attached hydrogens (tertiary/aromatic N) is 3. The van der Waals surface area contributed by atoms with Crippen molar-refractivity contribution in [3.63, 3.8) is 0 Å². The fourth-order valence-corrected chi connectivity index (χ4v) is 1.08. The van der Waals surface area contributed by atoms with Crippen molar-refractivity contribution in [2.45, 2.75) is 33.6 Å². The van der Waals surface area contributed by atoms with Crippen molar-refractivity contribution in [2.75, 3.05) is 20.1 Å². The topological polar surface area (TPSA) is 54.0 Å². The molecule has 14 heavy (non-hydrogen) atoms. The van der Waals surface area contributed by atoms with Crippen LogP contribution >= 0.6 is 0 Å². The van der Waals surface area contributed by atoms with E-state index in [0.29, 0.717) is 0 Å². The van der Waals surface area contributed by atoms with E-state index in [4.69, 9.17) is 5.84 Å². The molecule has 0 unspecified atom stereocenters. The minimum absolute atomic E-state index is 0.921. The first-order valence-corrected chi connectivity index (χ1v) is 5.13. The average molecular weight is 198 g/mol. The van der Waals surface area contributed by atoms with Crippen molar-refractivity contribution in [3.8, 4) is 0 Å². The summed E-state index contributed by atoms with van der Waals surface area (Å²) in [6, 6.07) is 0. The molecule has 2 N–H and O–H groups in total. The molecule has 0 bridgehead atoms. The zero-order chi connectivity index (χ0) is 11.0. The molecule has 4 heteroatoms. The van der Waals surface area contributed by atoms with Crippen molar-refractivity contribution < 1.29 is 0 Å². The van der Waals surface area contributed by atoms with Crippen LogP contribution in [0.15, 0.2) is 21.6 Å². The molecule has 0 amide bonds. The van der Waals surface area contributed by atoms with Gasteiger partial charge in [0.15, 0.2) is 0 Å². The summed E-state index contributed by atoms with van der Waals surface area (Å²) in [5.41, 5.74) is 2.29. The Hall–Kier alpha value is -0.900. The normalized spacial score (nSPS) is 13.8. The molecule has 0 aromatic rings. The summed E-state index contributed by atoms with van der Waals surface area (Å²) >= 11 is 0. The van der Waals surface area contributed by atoms with Crippen LogP contribution < -0.4 is 5.84 Å². The van der Waals surface area contributed by atoms with E-state index in [9.17, 15) is 0 Å². The highest BCUT2D eigenvalue weighted by atomic mass is 15.3. The van der Waals surface area contributed by atoms with Gasteiger partial charge in [-0.2, -0.15) is 0 Å². The Balaban J connectivity index is 4.25. The van der Waals surface area contributed by atoms with Gasteiger partial charge < -0.3 is 10.7 Å². The average Bonchev–Trinajstić information content (AvgIpc) is 2.22. The van der Waals surface area contributed by atoms with Crippen LogP contribution in [0.25, 0.3) is 0 Å². The largest absolute Gasteiger partial charge is 0.306 e. The molecule has 0 spiro atoms. The van der Waals surface area contributed by atoms with E-state index in [1.807, 2.05) is 0 Å². The van der Waals surface area contributed by atoms with Gasteiger partial charge in [0.2, 0.25) is 0 Å². The van der Waals surface area contributed by atoms with E-state index in [0.717, 1.165) is 31.6 Å². The van der Waals surface area contributed by atoms with Gasteiger partial charge in [-0.3, -0.25) is 0 Å². The third-order valence-electron chi connectivity index (χ3n) is 2.47. The zero-order valence-corrected chi connectivity index (χ0v) is 9.75. The Kier molecular flexibility index (Phi) is 7.02. The Bertz CT molecular complexity index is 208. The summed E-state index contributed by atoms with van der Waals surface area (Å²) in [5.74, 6) is 5.07. The second kappa shape index (κ2) is 7.50. The molecule has 0 saturated heterocycles. The lowest BCUT2D eigenvalue weighted by Crippen LogP contribution is -2.19. The van der Waals surface area contributed by atoms with Crippen molar-refractivity contribution in [1.82, 2.24) is 4.90 Å². The molecular weight excluding hydrogens is 176 g/mol. The summed E-state index contributed by atoms with van der Waals surface area (Å²) in [6.07, 6.45) is 1.93. The van der Waals surface area contributed by atoms with Gasteiger partial charge in [0, 0.05) is 13.0 Å². The summed E-state index contributed by atoms with van der Waals surface area (Å²) in [7, 11) is 2.10. The van der Waals surface area contributed by atoms with Gasteiger partial charge in [-0.05, 0) is 26.9 Å². The highest BCUT2D eigenvalue weighted by Gasteiger charge is 2.02. The van der Waals surface area contributed by atoms with E-state index in [2.05, 4.69) is 43.1 Å². The second-order valence-corrected chi connectivity index (χ2v) is 3.44. The van der Waals surface area contributed by atoms with Crippen molar-refractivity contribution in [2.24, 2.45) is 16.2 Å². The quantitative estimate of drug-likeness (QED) is 0.404.